The van der Waals surface area contributed by atoms with E-state index < -0.39 is 0 Å². The summed E-state index contributed by atoms with van der Waals surface area (Å²) in [6.45, 7) is 2.11. The molecule has 0 saturated heterocycles. The van der Waals surface area contributed by atoms with Crippen molar-refractivity contribution in [2.75, 3.05) is 5.33 Å². The van der Waals surface area contributed by atoms with Crippen molar-refractivity contribution in [1.29, 1.82) is 0 Å². The molecule has 76 valence electrons. The van der Waals surface area contributed by atoms with Crippen molar-refractivity contribution < 1.29 is 4.79 Å². The monoisotopic (exact) mass is 246 g/mol. The van der Waals surface area contributed by atoms with Crippen molar-refractivity contribution in [2.24, 2.45) is 11.8 Å². The van der Waals surface area contributed by atoms with Crippen molar-refractivity contribution in [2.45, 2.75) is 45.4 Å². The molecule has 13 heavy (non-hydrogen) atoms. The zero-order valence-electron chi connectivity index (χ0n) is 8.39. The van der Waals surface area contributed by atoms with Crippen molar-refractivity contribution in [3.05, 3.63) is 0 Å². The van der Waals surface area contributed by atoms with Crippen molar-refractivity contribution in [1.82, 2.24) is 0 Å². The summed E-state index contributed by atoms with van der Waals surface area (Å²) >= 11 is 3.43. The zero-order valence-corrected chi connectivity index (χ0v) is 9.98. The first-order valence-corrected chi connectivity index (χ1v) is 6.46. The van der Waals surface area contributed by atoms with Gasteiger partial charge in [-0.1, -0.05) is 29.3 Å². The molecule has 0 N–H and O–H groups in total. The normalized spacial score (nSPS) is 29.2. The first-order valence-electron chi connectivity index (χ1n) is 5.34. The maximum Gasteiger partial charge on any atom is 0.135 e. The average Bonchev–Trinajstić information content (AvgIpc) is 2.13. The lowest BCUT2D eigenvalue weighted by molar-refractivity contribution is -0.126. The van der Waals surface area contributed by atoms with Crippen LogP contribution in [0.4, 0.5) is 0 Å². The summed E-state index contributed by atoms with van der Waals surface area (Å²) in [5.74, 6) is 1.51. The molecule has 2 atom stereocenters. The number of hydrogen-bond acceptors (Lipinski definition) is 1. The molecule has 0 aromatic heterocycles. The van der Waals surface area contributed by atoms with Crippen LogP contribution in [-0.4, -0.2) is 11.1 Å². The first-order chi connectivity index (χ1) is 6.25. The maximum absolute atomic E-state index is 11.4. The van der Waals surface area contributed by atoms with Crippen LogP contribution in [0.5, 0.6) is 0 Å². The number of rotatable bonds is 4. The predicted octanol–water partition coefficient (Wildman–Crippen LogP) is 3.56. The van der Waals surface area contributed by atoms with E-state index in [0.717, 1.165) is 18.2 Å². The number of carbonyl (C=O) groups excluding carboxylic acids is 1. The van der Waals surface area contributed by atoms with Crippen LogP contribution in [0, 0.1) is 11.8 Å². The van der Waals surface area contributed by atoms with Crippen LogP contribution in [-0.2, 0) is 4.79 Å². The molecule has 1 rings (SSSR count). The number of Topliss-reactive ketones (excluding diaryl/α,β-unsaturated/α-hetero) is 1. The van der Waals surface area contributed by atoms with Crippen LogP contribution < -0.4 is 0 Å². The Morgan fingerprint density at radius 3 is 2.92 bits per heavy atom. The van der Waals surface area contributed by atoms with E-state index in [1.807, 2.05) is 0 Å². The Labute approximate surface area is 89.4 Å². The van der Waals surface area contributed by atoms with Crippen molar-refractivity contribution >= 4 is 21.7 Å². The minimum absolute atomic E-state index is 0.337. The SMILES string of the molecule is CC1C(=O)CCC[C@@H]1CCCCBr. The van der Waals surface area contributed by atoms with E-state index in [0.29, 0.717) is 17.6 Å². The second-order valence-electron chi connectivity index (χ2n) is 4.09. The van der Waals surface area contributed by atoms with Gasteiger partial charge in [-0.25, -0.2) is 0 Å². The van der Waals surface area contributed by atoms with E-state index >= 15 is 0 Å². The molecule has 1 nitrogen and oxygen atoms in total. The topological polar surface area (TPSA) is 17.1 Å². The van der Waals surface area contributed by atoms with Gasteiger partial charge in [0.2, 0.25) is 0 Å². The molecule has 0 amide bonds. The third-order valence-corrected chi connectivity index (χ3v) is 3.73. The fraction of sp³-hybridized carbons (Fsp3) is 0.909. The minimum Gasteiger partial charge on any atom is -0.299 e. The molecule has 1 aliphatic rings. The Morgan fingerprint density at radius 2 is 2.23 bits per heavy atom. The number of hydrogen-bond donors (Lipinski definition) is 0. The van der Waals surface area contributed by atoms with Gasteiger partial charge in [-0.2, -0.15) is 0 Å². The van der Waals surface area contributed by atoms with Gasteiger partial charge in [0.15, 0.2) is 0 Å². The number of unbranched alkanes of at least 4 members (excludes halogenated alkanes) is 1. The van der Waals surface area contributed by atoms with Crippen LogP contribution in [0.15, 0.2) is 0 Å². The molecule has 0 aromatic rings. The van der Waals surface area contributed by atoms with Crippen LogP contribution in [0.3, 0.4) is 0 Å². The lowest BCUT2D eigenvalue weighted by Crippen LogP contribution is -2.25. The first kappa shape index (κ1) is 11.2. The molecule has 0 aromatic carbocycles. The van der Waals surface area contributed by atoms with E-state index in [2.05, 4.69) is 22.9 Å². The lowest BCUT2D eigenvalue weighted by Gasteiger charge is -2.27. The zero-order chi connectivity index (χ0) is 9.68. The molecular formula is C11H19BrO. The molecule has 1 aliphatic carbocycles. The summed E-state index contributed by atoms with van der Waals surface area (Å²) in [6.07, 6.45) is 7.00. The van der Waals surface area contributed by atoms with E-state index in [1.165, 1.54) is 25.7 Å². The number of ketones is 1. The van der Waals surface area contributed by atoms with Gasteiger partial charge in [-0.3, -0.25) is 4.79 Å². The molecule has 0 bridgehead atoms. The second-order valence-corrected chi connectivity index (χ2v) is 4.89. The Hall–Kier alpha value is 0.150. The molecule has 2 heteroatoms. The molecule has 0 radical (unpaired) electrons. The van der Waals surface area contributed by atoms with Crippen LogP contribution in [0.1, 0.15) is 45.4 Å². The van der Waals surface area contributed by atoms with Crippen LogP contribution >= 0.6 is 15.9 Å². The van der Waals surface area contributed by atoms with Gasteiger partial charge in [0, 0.05) is 17.7 Å². The third-order valence-electron chi connectivity index (χ3n) is 3.17. The van der Waals surface area contributed by atoms with Crippen LogP contribution in [0.2, 0.25) is 0 Å². The predicted molar refractivity (Wildman–Crippen MR) is 59.2 cm³/mol. The summed E-state index contributed by atoms with van der Waals surface area (Å²) < 4.78 is 0. The highest BCUT2D eigenvalue weighted by atomic mass is 79.9. The van der Waals surface area contributed by atoms with Gasteiger partial charge < -0.3 is 0 Å². The highest BCUT2D eigenvalue weighted by Gasteiger charge is 2.26. The third kappa shape index (κ3) is 3.41. The van der Waals surface area contributed by atoms with Gasteiger partial charge >= 0.3 is 0 Å². The molecule has 1 unspecified atom stereocenters. The molecular weight excluding hydrogens is 228 g/mol. The molecule has 1 fully saturated rings. The van der Waals surface area contributed by atoms with E-state index in [1.54, 1.807) is 0 Å². The van der Waals surface area contributed by atoms with E-state index in [-0.39, 0.29) is 0 Å². The van der Waals surface area contributed by atoms with Gasteiger partial charge in [0.05, 0.1) is 0 Å². The van der Waals surface area contributed by atoms with Gasteiger partial charge in [-0.15, -0.1) is 0 Å². The Bertz CT molecular complexity index is 167. The lowest BCUT2D eigenvalue weighted by atomic mass is 9.77. The average molecular weight is 247 g/mol. The van der Waals surface area contributed by atoms with E-state index in [9.17, 15) is 4.79 Å². The standard InChI is InChI=1S/C11H19BrO/c1-9-10(5-2-3-8-12)6-4-7-11(9)13/h9-10H,2-8H2,1H3/t9?,10-/m0/s1. The van der Waals surface area contributed by atoms with E-state index in [4.69, 9.17) is 0 Å². The summed E-state index contributed by atoms with van der Waals surface area (Å²) in [5, 5.41) is 1.10. The number of carbonyl (C=O) groups is 1. The Morgan fingerprint density at radius 1 is 1.46 bits per heavy atom. The maximum atomic E-state index is 11.4. The summed E-state index contributed by atoms with van der Waals surface area (Å²) in [4.78, 5) is 11.4. The summed E-state index contributed by atoms with van der Waals surface area (Å²) in [6, 6.07) is 0. The highest BCUT2D eigenvalue weighted by Crippen LogP contribution is 2.30. The van der Waals surface area contributed by atoms with Gasteiger partial charge in [0.25, 0.3) is 0 Å². The van der Waals surface area contributed by atoms with Crippen molar-refractivity contribution in [3.63, 3.8) is 0 Å². The summed E-state index contributed by atoms with van der Waals surface area (Å²) in [7, 11) is 0. The van der Waals surface area contributed by atoms with Gasteiger partial charge in [-0.05, 0) is 31.6 Å². The number of alkyl halides is 1. The Kier molecular flexibility index (Phi) is 5.00. The molecule has 0 spiro atoms. The van der Waals surface area contributed by atoms with Crippen molar-refractivity contribution in [3.8, 4) is 0 Å². The second kappa shape index (κ2) is 5.79. The number of halogens is 1. The summed E-state index contributed by atoms with van der Waals surface area (Å²) in [5.41, 5.74) is 0. The Balaban J connectivity index is 2.27. The smallest absolute Gasteiger partial charge is 0.135 e. The van der Waals surface area contributed by atoms with Gasteiger partial charge in [0.1, 0.15) is 5.78 Å². The quantitative estimate of drug-likeness (QED) is 0.548. The molecule has 0 heterocycles. The minimum atomic E-state index is 0.337. The molecule has 0 aliphatic heterocycles. The highest BCUT2D eigenvalue weighted by molar-refractivity contribution is 9.09. The largest absolute Gasteiger partial charge is 0.299 e. The fourth-order valence-corrected chi connectivity index (χ4v) is 2.57. The fourth-order valence-electron chi connectivity index (χ4n) is 2.17. The van der Waals surface area contributed by atoms with Crippen LogP contribution in [0.25, 0.3) is 0 Å². The molecule has 1 saturated carbocycles.